The van der Waals surface area contributed by atoms with Crippen LogP contribution in [-0.2, 0) is 14.8 Å². The summed E-state index contributed by atoms with van der Waals surface area (Å²) in [5.41, 5.74) is 0.467. The Balaban J connectivity index is 1.51. The molecular weight excluding hydrogens is 388 g/mol. The molecule has 2 saturated heterocycles. The number of morpholine rings is 1. The van der Waals surface area contributed by atoms with E-state index < -0.39 is 10.0 Å². The Morgan fingerprint density at radius 3 is 2.41 bits per heavy atom. The molecule has 4 atom stereocenters. The first-order valence-electron chi connectivity index (χ1n) is 10.9. The minimum atomic E-state index is -3.65. The van der Waals surface area contributed by atoms with Crippen molar-refractivity contribution in [3.8, 4) is 0 Å². The number of piperidine rings is 1. The van der Waals surface area contributed by atoms with E-state index in [0.717, 1.165) is 25.4 Å². The molecule has 29 heavy (non-hydrogen) atoms. The molecule has 1 aromatic rings. The number of nitrogens with zero attached hydrogens (tertiary/aromatic N) is 2. The molecule has 4 rings (SSSR count). The lowest BCUT2D eigenvalue weighted by molar-refractivity contribution is -0.0440. The number of benzene rings is 1. The zero-order valence-corrected chi connectivity index (χ0v) is 18.2. The smallest absolute Gasteiger partial charge is 0.253 e. The number of hydrogen-bond donors (Lipinski definition) is 0. The fourth-order valence-corrected chi connectivity index (χ4v) is 6.87. The summed E-state index contributed by atoms with van der Waals surface area (Å²) in [4.78, 5) is 15.3. The second kappa shape index (κ2) is 8.36. The summed E-state index contributed by atoms with van der Waals surface area (Å²) in [5.74, 6) is 1.31. The molecular formula is C22H32N2O4S. The maximum Gasteiger partial charge on any atom is 0.253 e. The highest BCUT2D eigenvalue weighted by Crippen LogP contribution is 2.36. The molecule has 1 saturated carbocycles. The number of sulfonamides is 1. The molecule has 0 radical (unpaired) electrons. The molecule has 160 valence electrons. The maximum absolute atomic E-state index is 13.2. The van der Waals surface area contributed by atoms with Gasteiger partial charge in [0.15, 0.2) is 0 Å². The Morgan fingerprint density at radius 1 is 1.00 bits per heavy atom. The fourth-order valence-electron chi connectivity index (χ4n) is 5.23. The molecule has 0 N–H and O–H groups in total. The van der Waals surface area contributed by atoms with Crippen LogP contribution >= 0.6 is 0 Å². The molecule has 1 aromatic carbocycles. The van der Waals surface area contributed by atoms with Gasteiger partial charge in [-0.1, -0.05) is 25.3 Å². The standard InChI is InChI=1S/C22H32N2O4S/c1-16-13-24(14-17(2)28-16)29(26,27)21-9-5-8-19(12-21)22(25)23-11-10-18-6-3-4-7-20(18)15-23/h5,8-9,12,16-18,20H,3-4,6-7,10-11,13-15H2,1-2H3. The third kappa shape index (κ3) is 4.37. The van der Waals surface area contributed by atoms with E-state index in [4.69, 9.17) is 4.74 Å². The lowest BCUT2D eigenvalue weighted by Crippen LogP contribution is -2.48. The van der Waals surface area contributed by atoms with Gasteiger partial charge in [0.25, 0.3) is 5.91 Å². The average Bonchev–Trinajstić information content (AvgIpc) is 2.72. The number of ether oxygens (including phenoxy) is 1. The van der Waals surface area contributed by atoms with Crippen molar-refractivity contribution in [1.29, 1.82) is 0 Å². The molecule has 3 aliphatic rings. The lowest BCUT2D eigenvalue weighted by Gasteiger charge is -2.41. The second-order valence-corrected chi connectivity index (χ2v) is 10.9. The second-order valence-electron chi connectivity index (χ2n) is 8.95. The third-order valence-electron chi connectivity index (χ3n) is 6.68. The Bertz CT molecular complexity index is 846. The van der Waals surface area contributed by atoms with Crippen LogP contribution < -0.4 is 0 Å². The van der Waals surface area contributed by atoms with Crippen LogP contribution in [0.25, 0.3) is 0 Å². The van der Waals surface area contributed by atoms with E-state index in [9.17, 15) is 13.2 Å². The zero-order valence-electron chi connectivity index (χ0n) is 17.4. The van der Waals surface area contributed by atoms with Crippen LogP contribution in [0.5, 0.6) is 0 Å². The molecule has 3 fully saturated rings. The van der Waals surface area contributed by atoms with E-state index in [2.05, 4.69) is 0 Å². The average molecular weight is 421 g/mol. The fraction of sp³-hybridized carbons (Fsp3) is 0.682. The van der Waals surface area contributed by atoms with Gasteiger partial charge in [0.05, 0.1) is 17.1 Å². The van der Waals surface area contributed by atoms with E-state index in [1.54, 1.807) is 24.3 Å². The van der Waals surface area contributed by atoms with Crippen molar-refractivity contribution in [3.05, 3.63) is 29.8 Å². The van der Waals surface area contributed by atoms with Crippen molar-refractivity contribution in [2.45, 2.75) is 63.1 Å². The van der Waals surface area contributed by atoms with Crippen LogP contribution in [0.2, 0.25) is 0 Å². The molecule has 0 aromatic heterocycles. The minimum absolute atomic E-state index is 0.0465. The highest BCUT2D eigenvalue weighted by atomic mass is 32.2. The molecule has 1 amide bonds. The van der Waals surface area contributed by atoms with Gasteiger partial charge in [-0.05, 0) is 56.7 Å². The molecule has 0 spiro atoms. The summed E-state index contributed by atoms with van der Waals surface area (Å²) in [6.45, 7) is 6.01. The van der Waals surface area contributed by atoms with Gasteiger partial charge < -0.3 is 9.64 Å². The van der Waals surface area contributed by atoms with E-state index in [1.807, 2.05) is 18.7 Å². The normalized spacial score (nSPS) is 31.3. The molecule has 6 nitrogen and oxygen atoms in total. The first-order valence-corrected chi connectivity index (χ1v) is 12.3. The van der Waals surface area contributed by atoms with Crippen molar-refractivity contribution >= 4 is 15.9 Å². The largest absolute Gasteiger partial charge is 0.373 e. The monoisotopic (exact) mass is 420 g/mol. The van der Waals surface area contributed by atoms with Gasteiger partial charge in [-0.3, -0.25) is 4.79 Å². The first kappa shape index (κ1) is 20.8. The Hall–Kier alpha value is -1.44. The van der Waals surface area contributed by atoms with Crippen molar-refractivity contribution in [3.63, 3.8) is 0 Å². The first-order chi connectivity index (χ1) is 13.8. The highest BCUT2D eigenvalue weighted by Gasteiger charge is 2.35. The van der Waals surface area contributed by atoms with Crippen LogP contribution in [0.4, 0.5) is 0 Å². The predicted octanol–water partition coefficient (Wildman–Crippen LogP) is 3.14. The topological polar surface area (TPSA) is 66.9 Å². The quantitative estimate of drug-likeness (QED) is 0.753. The van der Waals surface area contributed by atoms with Crippen LogP contribution in [-0.4, -0.2) is 61.9 Å². The van der Waals surface area contributed by atoms with Crippen LogP contribution in [0.15, 0.2) is 29.2 Å². The molecule has 2 heterocycles. The predicted molar refractivity (Wildman–Crippen MR) is 111 cm³/mol. The number of likely N-dealkylation sites (tertiary alicyclic amines) is 1. The molecule has 0 bridgehead atoms. The van der Waals surface area contributed by atoms with E-state index >= 15 is 0 Å². The molecule has 4 unspecified atom stereocenters. The van der Waals surface area contributed by atoms with Crippen molar-refractivity contribution < 1.29 is 17.9 Å². The van der Waals surface area contributed by atoms with Gasteiger partial charge in [0, 0.05) is 31.7 Å². The zero-order chi connectivity index (χ0) is 20.6. The van der Waals surface area contributed by atoms with Gasteiger partial charge in [0.1, 0.15) is 0 Å². The van der Waals surface area contributed by atoms with Gasteiger partial charge >= 0.3 is 0 Å². The number of carbonyl (C=O) groups is 1. The van der Waals surface area contributed by atoms with E-state index in [1.165, 1.54) is 30.0 Å². The number of carbonyl (C=O) groups excluding carboxylic acids is 1. The highest BCUT2D eigenvalue weighted by molar-refractivity contribution is 7.89. The summed E-state index contributed by atoms with van der Waals surface area (Å²) in [7, 11) is -3.65. The van der Waals surface area contributed by atoms with E-state index in [-0.39, 0.29) is 23.0 Å². The van der Waals surface area contributed by atoms with Crippen LogP contribution in [0.1, 0.15) is 56.3 Å². The third-order valence-corrected chi connectivity index (χ3v) is 8.51. The van der Waals surface area contributed by atoms with Gasteiger partial charge in [0.2, 0.25) is 10.0 Å². The number of hydrogen-bond acceptors (Lipinski definition) is 4. The Morgan fingerprint density at radius 2 is 1.69 bits per heavy atom. The number of rotatable bonds is 3. The lowest BCUT2D eigenvalue weighted by atomic mass is 9.75. The molecule has 2 aliphatic heterocycles. The van der Waals surface area contributed by atoms with Crippen LogP contribution in [0, 0.1) is 11.8 Å². The summed E-state index contributed by atoms with van der Waals surface area (Å²) >= 11 is 0. The molecule has 1 aliphatic carbocycles. The summed E-state index contributed by atoms with van der Waals surface area (Å²) in [6.07, 6.45) is 5.84. The minimum Gasteiger partial charge on any atom is -0.373 e. The number of amides is 1. The Labute approximate surface area is 174 Å². The van der Waals surface area contributed by atoms with E-state index in [0.29, 0.717) is 24.6 Å². The number of fused-ring (bicyclic) bond motifs is 1. The van der Waals surface area contributed by atoms with Crippen LogP contribution in [0.3, 0.4) is 0 Å². The van der Waals surface area contributed by atoms with Crippen molar-refractivity contribution in [2.75, 3.05) is 26.2 Å². The van der Waals surface area contributed by atoms with Gasteiger partial charge in [-0.25, -0.2) is 8.42 Å². The summed E-state index contributed by atoms with van der Waals surface area (Å²) in [6, 6.07) is 6.55. The summed E-state index contributed by atoms with van der Waals surface area (Å²) in [5, 5.41) is 0. The van der Waals surface area contributed by atoms with Crippen molar-refractivity contribution in [2.24, 2.45) is 11.8 Å². The molecule has 7 heteroatoms. The van der Waals surface area contributed by atoms with Gasteiger partial charge in [-0.2, -0.15) is 4.31 Å². The maximum atomic E-state index is 13.2. The summed E-state index contributed by atoms with van der Waals surface area (Å²) < 4.78 is 33.5. The SMILES string of the molecule is CC1CN(S(=O)(=O)c2cccc(C(=O)N3CCC4CCCCC4C3)c2)CC(C)O1. The van der Waals surface area contributed by atoms with Gasteiger partial charge in [-0.15, -0.1) is 0 Å². The van der Waals surface area contributed by atoms with Crippen molar-refractivity contribution in [1.82, 2.24) is 9.21 Å². The Kier molecular flexibility index (Phi) is 6.00.